The fourth-order valence-corrected chi connectivity index (χ4v) is 4.58. The van der Waals surface area contributed by atoms with Crippen LogP contribution in [0.2, 0.25) is 0 Å². The number of ether oxygens (including phenoxy) is 1. The van der Waals surface area contributed by atoms with E-state index in [0.717, 1.165) is 16.8 Å². The Morgan fingerprint density at radius 2 is 1.88 bits per heavy atom. The van der Waals surface area contributed by atoms with Crippen LogP contribution in [0.4, 0.5) is 21.9 Å². The Labute approximate surface area is 205 Å². The second kappa shape index (κ2) is 11.1. The maximum absolute atomic E-state index is 13.0. The van der Waals surface area contributed by atoms with Crippen molar-refractivity contribution in [3.8, 4) is 0 Å². The Bertz CT molecular complexity index is 1010. The number of carboxylic acids is 1. The number of hydrogen-bond acceptors (Lipinski definition) is 4. The summed E-state index contributed by atoms with van der Waals surface area (Å²) in [6.07, 6.45) is 0.725. The summed E-state index contributed by atoms with van der Waals surface area (Å²) >= 11 is 0. The molecule has 0 aromatic heterocycles. The molecule has 2 amide bonds. The lowest BCUT2D eigenvalue weighted by molar-refractivity contribution is -0.137. The highest BCUT2D eigenvalue weighted by Crippen LogP contribution is 2.38. The maximum Gasteiger partial charge on any atom is 0.323 e. The van der Waals surface area contributed by atoms with E-state index in [-0.39, 0.29) is 24.3 Å². The van der Waals surface area contributed by atoms with Crippen LogP contribution in [-0.2, 0) is 9.53 Å². The highest BCUT2D eigenvalue weighted by Gasteiger charge is 2.39. The molecule has 3 radical (unpaired) electrons. The highest BCUT2D eigenvalue weighted by molar-refractivity contribution is 6.18. The molecule has 3 rings (SSSR count). The molecule has 0 spiro atoms. The molecule has 0 saturated carbocycles. The van der Waals surface area contributed by atoms with Gasteiger partial charge in [0.2, 0.25) is 0 Å². The van der Waals surface area contributed by atoms with Crippen LogP contribution in [0, 0.1) is 12.8 Å². The number of carbonyl (C=O) groups is 2. The lowest BCUT2D eigenvalue weighted by Crippen LogP contribution is -2.61. The van der Waals surface area contributed by atoms with Gasteiger partial charge in [-0.25, -0.2) is 4.79 Å². The number of nitrogens with zero attached hydrogens (tertiary/aromatic N) is 1. The van der Waals surface area contributed by atoms with E-state index in [1.807, 2.05) is 56.3 Å². The van der Waals surface area contributed by atoms with Gasteiger partial charge in [-0.2, -0.15) is 0 Å². The average molecular weight is 481 g/mol. The fraction of sp³-hybridized carbons (Fsp3) is 0.462. The molecule has 1 aliphatic heterocycles. The van der Waals surface area contributed by atoms with E-state index in [1.165, 1.54) is 0 Å². The van der Waals surface area contributed by atoms with E-state index in [1.54, 1.807) is 0 Å². The summed E-state index contributed by atoms with van der Waals surface area (Å²) in [5, 5.41) is 14.8. The monoisotopic (exact) mass is 480 g/mol. The van der Waals surface area contributed by atoms with Gasteiger partial charge in [0.15, 0.2) is 0 Å². The lowest BCUT2D eigenvalue weighted by Gasteiger charge is -2.49. The largest absolute Gasteiger partial charge is 0.481 e. The van der Waals surface area contributed by atoms with Gasteiger partial charge in [0.1, 0.15) is 0 Å². The zero-order valence-corrected chi connectivity index (χ0v) is 21.4. The molecule has 1 saturated heterocycles. The zero-order valence-electron chi connectivity index (χ0n) is 20.4. The van der Waals surface area contributed by atoms with E-state index >= 15 is 0 Å². The molecule has 8 heteroatoms. The molecule has 0 bridgehead atoms. The molecule has 181 valence electrons. The highest BCUT2D eigenvalue weighted by atomic mass is 28.1. The summed E-state index contributed by atoms with van der Waals surface area (Å²) < 4.78 is 5.78. The summed E-state index contributed by atoms with van der Waals surface area (Å²) in [5.41, 5.74) is 4.19. The van der Waals surface area contributed by atoms with Crippen LogP contribution in [0.15, 0.2) is 42.5 Å². The van der Waals surface area contributed by atoms with Crippen LogP contribution in [0.5, 0.6) is 0 Å². The van der Waals surface area contributed by atoms with Crippen LogP contribution >= 0.6 is 0 Å². The number of rotatable bonds is 8. The maximum atomic E-state index is 13.0. The standard InChI is InChI=1S/C26H34N3O4Si/c1-5-19(15-24(30)31)20-8-11-23(29-12-13-33-16-26(29,34)17(2)3)22(14-20)28-25(32)27-21-9-6-18(4)7-10-21/h6-11,14,17,19H,5,12-13,15-16H2,1-4H3,(H,30,31)(H2,27,28,32)/t19-,26-/m1/s1. The lowest BCUT2D eigenvalue weighted by atomic mass is 9.92. The Morgan fingerprint density at radius 1 is 1.18 bits per heavy atom. The Morgan fingerprint density at radius 3 is 2.50 bits per heavy atom. The number of hydrogen-bond donors (Lipinski definition) is 3. The van der Waals surface area contributed by atoms with Gasteiger partial charge in [-0.15, -0.1) is 0 Å². The number of nitrogens with one attached hydrogen (secondary N) is 2. The van der Waals surface area contributed by atoms with E-state index < -0.39 is 11.1 Å². The van der Waals surface area contributed by atoms with Gasteiger partial charge in [0.05, 0.1) is 41.3 Å². The first-order valence-corrected chi connectivity index (χ1v) is 12.2. The molecule has 0 aliphatic carbocycles. The van der Waals surface area contributed by atoms with Gasteiger partial charge in [-0.3, -0.25) is 4.79 Å². The molecule has 0 unspecified atom stereocenters. The van der Waals surface area contributed by atoms with Gasteiger partial charge < -0.3 is 25.4 Å². The second-order valence-corrected chi connectivity index (χ2v) is 10.1. The smallest absolute Gasteiger partial charge is 0.323 e. The van der Waals surface area contributed by atoms with Crippen LogP contribution < -0.4 is 15.5 Å². The number of carboxylic acid groups (broad SMARTS) is 1. The third-order valence-electron chi connectivity index (χ3n) is 6.47. The number of aryl methyl sites for hydroxylation is 1. The third-order valence-corrected chi connectivity index (χ3v) is 7.46. The first-order chi connectivity index (χ1) is 16.1. The fourth-order valence-electron chi connectivity index (χ4n) is 4.25. The third kappa shape index (κ3) is 5.98. The van der Waals surface area contributed by atoms with Crippen molar-refractivity contribution in [2.45, 2.75) is 51.6 Å². The van der Waals surface area contributed by atoms with Crippen LogP contribution in [-0.4, -0.2) is 52.3 Å². The van der Waals surface area contributed by atoms with E-state index in [2.05, 4.69) is 39.6 Å². The number of benzene rings is 2. The zero-order chi connectivity index (χ0) is 24.9. The van der Waals surface area contributed by atoms with E-state index in [4.69, 9.17) is 4.74 Å². The first kappa shape index (κ1) is 25.8. The normalized spacial score (nSPS) is 19.1. The molecule has 3 N–H and O–H groups in total. The number of morpholine rings is 1. The Hall–Kier alpha value is -2.84. The summed E-state index contributed by atoms with van der Waals surface area (Å²) in [7, 11) is 3.98. The second-order valence-electron chi connectivity index (χ2n) is 9.21. The van der Waals surface area contributed by atoms with Gasteiger partial charge in [-0.05, 0) is 55.0 Å². The van der Waals surface area contributed by atoms with Crippen molar-refractivity contribution < 1.29 is 19.4 Å². The van der Waals surface area contributed by atoms with Crippen molar-refractivity contribution >= 4 is 39.3 Å². The van der Waals surface area contributed by atoms with Crippen molar-refractivity contribution in [2.75, 3.05) is 35.3 Å². The minimum atomic E-state index is -0.838. The topological polar surface area (TPSA) is 90.9 Å². The number of urea groups is 1. The average Bonchev–Trinajstić information content (AvgIpc) is 2.79. The van der Waals surface area contributed by atoms with Crippen molar-refractivity contribution in [1.82, 2.24) is 0 Å². The molecule has 1 aliphatic rings. The number of amides is 2. The summed E-state index contributed by atoms with van der Waals surface area (Å²) in [4.78, 5) is 26.6. The molecule has 2 atom stereocenters. The number of anilines is 3. The van der Waals surface area contributed by atoms with Crippen molar-refractivity contribution in [2.24, 2.45) is 5.92 Å². The van der Waals surface area contributed by atoms with Crippen LogP contribution in [0.1, 0.15) is 50.7 Å². The number of carbonyl (C=O) groups excluding carboxylic acids is 1. The summed E-state index contributed by atoms with van der Waals surface area (Å²) in [6.45, 7) is 9.96. The van der Waals surface area contributed by atoms with Gasteiger partial charge >= 0.3 is 12.0 Å². The predicted octanol–water partition coefficient (Wildman–Crippen LogP) is 4.96. The molecule has 2 aromatic rings. The predicted molar refractivity (Wildman–Crippen MR) is 137 cm³/mol. The molecule has 1 fully saturated rings. The van der Waals surface area contributed by atoms with Crippen molar-refractivity contribution in [3.63, 3.8) is 0 Å². The van der Waals surface area contributed by atoms with Gasteiger partial charge in [0, 0.05) is 17.4 Å². The quantitative estimate of drug-likeness (QED) is 0.464. The summed E-state index contributed by atoms with van der Waals surface area (Å²) in [5.74, 6) is -0.751. The molecular weight excluding hydrogens is 446 g/mol. The van der Waals surface area contributed by atoms with Crippen LogP contribution in [0.25, 0.3) is 0 Å². The SMILES string of the molecule is CC[C@H](CC(=O)O)c1ccc(N2CCOC[C@@]2([Si])C(C)C)c(NC(=O)Nc2ccc(C)cc2)c1. The Kier molecular flexibility index (Phi) is 8.38. The van der Waals surface area contributed by atoms with Crippen molar-refractivity contribution in [3.05, 3.63) is 53.6 Å². The first-order valence-electron chi connectivity index (χ1n) is 11.7. The number of aliphatic carboxylic acids is 1. The molecule has 1 heterocycles. The minimum absolute atomic E-state index is 0.0381. The molecule has 2 aromatic carbocycles. The van der Waals surface area contributed by atoms with Gasteiger partial charge in [0.25, 0.3) is 0 Å². The molecule has 7 nitrogen and oxygen atoms in total. The summed E-state index contributed by atoms with van der Waals surface area (Å²) in [6, 6.07) is 13.1. The van der Waals surface area contributed by atoms with Crippen LogP contribution in [0.3, 0.4) is 0 Å². The van der Waals surface area contributed by atoms with Gasteiger partial charge in [-0.1, -0.05) is 44.5 Å². The van der Waals surface area contributed by atoms with E-state index in [0.29, 0.717) is 37.6 Å². The molecular formula is C26H34N3O4Si. The molecule has 34 heavy (non-hydrogen) atoms. The Balaban J connectivity index is 1.98. The van der Waals surface area contributed by atoms with Crippen molar-refractivity contribution in [1.29, 1.82) is 0 Å². The minimum Gasteiger partial charge on any atom is -0.481 e. The van der Waals surface area contributed by atoms with E-state index in [9.17, 15) is 14.7 Å².